The summed E-state index contributed by atoms with van der Waals surface area (Å²) >= 11 is 12.1. The summed E-state index contributed by atoms with van der Waals surface area (Å²) in [5.74, 6) is 0.571. The Morgan fingerprint density at radius 3 is 2.28 bits per heavy atom. The molecule has 3 aromatic carbocycles. The van der Waals surface area contributed by atoms with Crippen LogP contribution in [0.1, 0.15) is 22.8 Å². The number of methoxy groups -OCH3 is 1. The molecule has 0 saturated heterocycles. The van der Waals surface area contributed by atoms with Crippen LogP contribution in [-0.4, -0.2) is 19.6 Å². The van der Waals surface area contributed by atoms with Crippen LogP contribution >= 0.6 is 23.2 Å². The highest BCUT2D eigenvalue weighted by molar-refractivity contribution is 6.42. The van der Waals surface area contributed by atoms with Gasteiger partial charge in [0.15, 0.2) is 0 Å². The van der Waals surface area contributed by atoms with Crippen LogP contribution in [0.15, 0.2) is 78.4 Å². The number of ether oxygens (including phenoxy) is 1. The minimum absolute atomic E-state index is 0.158. The number of benzene rings is 3. The van der Waals surface area contributed by atoms with Crippen LogP contribution in [-0.2, 0) is 0 Å². The second kappa shape index (κ2) is 9.64. The van der Waals surface area contributed by atoms with E-state index in [9.17, 15) is 4.79 Å². The van der Waals surface area contributed by atoms with Crippen LogP contribution in [0, 0.1) is 0 Å². The lowest BCUT2D eigenvalue weighted by Crippen LogP contribution is -2.32. The molecule has 0 spiro atoms. The summed E-state index contributed by atoms with van der Waals surface area (Å²) in [5.41, 5.74) is 3.37. The van der Waals surface area contributed by atoms with Crippen LogP contribution < -0.4 is 9.64 Å². The molecule has 0 aliphatic rings. The van der Waals surface area contributed by atoms with Gasteiger partial charge in [-0.1, -0.05) is 65.2 Å². The van der Waals surface area contributed by atoms with E-state index in [2.05, 4.69) is 6.08 Å². The van der Waals surface area contributed by atoms with Gasteiger partial charge < -0.3 is 9.64 Å². The number of carbonyl (C=O) groups excluding carboxylic acids is 1. The van der Waals surface area contributed by atoms with E-state index in [-0.39, 0.29) is 5.91 Å². The smallest absolute Gasteiger partial charge is 0.258 e. The first-order chi connectivity index (χ1) is 14.0. The SMILES string of the molecule is COc1ccc(N(C/C(C)=C/c2ccccc2)C(=O)c2ccc(Cl)c(Cl)c2)cc1. The van der Waals surface area contributed by atoms with Gasteiger partial charge in [0.25, 0.3) is 5.91 Å². The maximum atomic E-state index is 13.3. The molecule has 0 saturated carbocycles. The van der Waals surface area contributed by atoms with E-state index in [1.807, 2.05) is 61.5 Å². The van der Waals surface area contributed by atoms with E-state index >= 15 is 0 Å². The molecular weight excluding hydrogens is 405 g/mol. The van der Waals surface area contributed by atoms with Crippen molar-refractivity contribution in [3.05, 3.63) is 99.5 Å². The van der Waals surface area contributed by atoms with E-state index < -0.39 is 0 Å². The molecule has 1 amide bonds. The molecule has 29 heavy (non-hydrogen) atoms. The summed E-state index contributed by atoms with van der Waals surface area (Å²) in [6, 6.07) is 22.3. The monoisotopic (exact) mass is 425 g/mol. The summed E-state index contributed by atoms with van der Waals surface area (Å²) < 4.78 is 5.24. The van der Waals surface area contributed by atoms with Crippen LogP contribution in [0.2, 0.25) is 10.0 Å². The molecule has 0 heterocycles. The molecule has 0 radical (unpaired) electrons. The van der Waals surface area contributed by atoms with Crippen molar-refractivity contribution in [2.75, 3.05) is 18.6 Å². The molecule has 0 fully saturated rings. The van der Waals surface area contributed by atoms with Crippen LogP contribution in [0.3, 0.4) is 0 Å². The molecule has 5 heteroatoms. The normalized spacial score (nSPS) is 11.2. The van der Waals surface area contributed by atoms with Crippen LogP contribution in [0.4, 0.5) is 5.69 Å². The van der Waals surface area contributed by atoms with Crippen molar-refractivity contribution in [2.45, 2.75) is 6.92 Å². The number of nitrogens with zero attached hydrogens (tertiary/aromatic N) is 1. The summed E-state index contributed by atoms with van der Waals surface area (Å²) in [7, 11) is 1.61. The number of amides is 1. The van der Waals surface area contributed by atoms with Gasteiger partial charge in [0.1, 0.15) is 5.75 Å². The molecule has 0 unspecified atom stereocenters. The van der Waals surface area contributed by atoms with Crippen LogP contribution in [0.25, 0.3) is 6.08 Å². The Morgan fingerprint density at radius 1 is 0.966 bits per heavy atom. The number of hydrogen-bond acceptors (Lipinski definition) is 2. The maximum Gasteiger partial charge on any atom is 0.258 e. The Kier molecular flexibility index (Phi) is 6.97. The number of rotatable bonds is 6. The zero-order chi connectivity index (χ0) is 20.8. The van der Waals surface area contributed by atoms with Gasteiger partial charge in [-0.05, 0) is 55.0 Å². The summed E-state index contributed by atoms with van der Waals surface area (Å²) in [5, 5.41) is 0.767. The minimum Gasteiger partial charge on any atom is -0.497 e. The summed E-state index contributed by atoms with van der Waals surface area (Å²) in [6.07, 6.45) is 2.07. The Hall–Kier alpha value is -2.75. The van der Waals surface area contributed by atoms with Crippen molar-refractivity contribution in [3.63, 3.8) is 0 Å². The highest BCUT2D eigenvalue weighted by atomic mass is 35.5. The van der Waals surface area contributed by atoms with Crippen molar-refractivity contribution >= 4 is 40.9 Å². The minimum atomic E-state index is -0.158. The average molecular weight is 426 g/mol. The van der Waals surface area contributed by atoms with E-state index in [0.29, 0.717) is 22.2 Å². The third-order valence-corrected chi connectivity index (χ3v) is 5.15. The van der Waals surface area contributed by atoms with Gasteiger partial charge in [-0.25, -0.2) is 0 Å². The van der Waals surface area contributed by atoms with Crippen molar-refractivity contribution in [3.8, 4) is 5.75 Å². The molecule has 0 atom stereocenters. The molecule has 3 rings (SSSR count). The van der Waals surface area contributed by atoms with Crippen molar-refractivity contribution in [1.82, 2.24) is 0 Å². The Balaban J connectivity index is 1.95. The highest BCUT2D eigenvalue weighted by Crippen LogP contribution is 2.26. The molecular formula is C24H21Cl2NO2. The number of hydrogen-bond donors (Lipinski definition) is 0. The Morgan fingerprint density at radius 2 is 1.66 bits per heavy atom. The molecule has 3 nitrogen and oxygen atoms in total. The predicted molar refractivity (Wildman–Crippen MR) is 121 cm³/mol. The molecule has 0 aliphatic carbocycles. The molecule has 3 aromatic rings. The predicted octanol–water partition coefficient (Wildman–Crippen LogP) is 6.75. The number of halogens is 2. The van der Waals surface area contributed by atoms with E-state index in [1.165, 1.54) is 0 Å². The number of anilines is 1. The second-order valence-corrected chi connectivity index (χ2v) is 7.43. The van der Waals surface area contributed by atoms with Crippen molar-refractivity contribution in [2.24, 2.45) is 0 Å². The quantitative estimate of drug-likeness (QED) is 0.436. The fourth-order valence-electron chi connectivity index (χ4n) is 2.96. The first-order valence-electron chi connectivity index (χ1n) is 9.11. The van der Waals surface area contributed by atoms with E-state index in [4.69, 9.17) is 27.9 Å². The van der Waals surface area contributed by atoms with Gasteiger partial charge in [-0.3, -0.25) is 4.79 Å². The molecule has 0 N–H and O–H groups in total. The van der Waals surface area contributed by atoms with Gasteiger partial charge >= 0.3 is 0 Å². The van der Waals surface area contributed by atoms with Gasteiger partial charge in [-0.2, -0.15) is 0 Å². The fraction of sp³-hybridized carbons (Fsp3) is 0.125. The zero-order valence-corrected chi connectivity index (χ0v) is 17.7. The summed E-state index contributed by atoms with van der Waals surface area (Å²) in [6.45, 7) is 2.44. The third-order valence-electron chi connectivity index (χ3n) is 4.42. The molecule has 148 valence electrons. The topological polar surface area (TPSA) is 29.5 Å². The van der Waals surface area contributed by atoms with Gasteiger partial charge in [0, 0.05) is 17.8 Å². The first-order valence-corrected chi connectivity index (χ1v) is 9.86. The third kappa shape index (κ3) is 5.41. The van der Waals surface area contributed by atoms with E-state index in [0.717, 1.165) is 22.6 Å². The standard InChI is InChI=1S/C24H21Cl2NO2/c1-17(14-18-6-4-3-5-7-18)16-27(20-9-11-21(29-2)12-10-20)24(28)19-8-13-22(25)23(26)15-19/h3-15H,16H2,1-2H3/b17-14+. The lowest BCUT2D eigenvalue weighted by molar-refractivity contribution is 0.0989. The average Bonchev–Trinajstić information content (AvgIpc) is 2.74. The zero-order valence-electron chi connectivity index (χ0n) is 16.2. The maximum absolute atomic E-state index is 13.3. The molecule has 0 aromatic heterocycles. The van der Waals surface area contributed by atoms with Crippen molar-refractivity contribution < 1.29 is 9.53 Å². The van der Waals surface area contributed by atoms with Crippen LogP contribution in [0.5, 0.6) is 5.75 Å². The molecule has 0 bridgehead atoms. The fourth-order valence-corrected chi connectivity index (χ4v) is 3.25. The Bertz CT molecular complexity index is 1010. The van der Waals surface area contributed by atoms with E-state index in [1.54, 1.807) is 30.2 Å². The second-order valence-electron chi connectivity index (χ2n) is 6.62. The lowest BCUT2D eigenvalue weighted by Gasteiger charge is -2.24. The summed E-state index contributed by atoms with van der Waals surface area (Å²) in [4.78, 5) is 15.0. The Labute approximate surface area is 181 Å². The van der Waals surface area contributed by atoms with Crippen molar-refractivity contribution in [1.29, 1.82) is 0 Å². The molecule has 0 aliphatic heterocycles. The lowest BCUT2D eigenvalue weighted by atomic mass is 10.1. The van der Waals surface area contributed by atoms with Gasteiger partial charge in [0.05, 0.1) is 17.2 Å². The number of carbonyl (C=O) groups is 1. The highest BCUT2D eigenvalue weighted by Gasteiger charge is 2.19. The largest absolute Gasteiger partial charge is 0.497 e. The van der Waals surface area contributed by atoms with Gasteiger partial charge in [0.2, 0.25) is 0 Å². The first kappa shape index (κ1) is 21.0. The van der Waals surface area contributed by atoms with Gasteiger partial charge in [-0.15, -0.1) is 0 Å².